The van der Waals surface area contributed by atoms with Crippen LogP contribution in [0.2, 0.25) is 10.0 Å². The Morgan fingerprint density at radius 3 is 2.59 bits per heavy atom. The Bertz CT molecular complexity index is 706. The quantitative estimate of drug-likeness (QED) is 0.794. The number of halogens is 2. The molecule has 0 aromatic heterocycles. The fourth-order valence-corrected chi connectivity index (χ4v) is 4.13. The van der Waals surface area contributed by atoms with Gasteiger partial charge in [-0.15, -0.1) is 0 Å². The van der Waals surface area contributed by atoms with Gasteiger partial charge in [-0.2, -0.15) is 0 Å². The second kappa shape index (κ2) is 6.85. The van der Waals surface area contributed by atoms with Crippen molar-refractivity contribution in [1.82, 2.24) is 5.32 Å². The van der Waals surface area contributed by atoms with Crippen LogP contribution in [0.4, 0.5) is 5.69 Å². The van der Waals surface area contributed by atoms with Gasteiger partial charge >= 0.3 is 0 Å². The highest BCUT2D eigenvalue weighted by Crippen LogP contribution is 2.25. The monoisotopic (exact) mass is 364 g/mol. The van der Waals surface area contributed by atoms with Crippen molar-refractivity contribution in [3.05, 3.63) is 28.2 Å². The molecule has 1 aromatic carbocycles. The van der Waals surface area contributed by atoms with Crippen molar-refractivity contribution in [2.75, 3.05) is 16.8 Å². The van der Waals surface area contributed by atoms with Crippen LogP contribution in [-0.2, 0) is 19.4 Å². The topological polar surface area (TPSA) is 92.3 Å². The first-order valence-electron chi connectivity index (χ1n) is 6.50. The van der Waals surface area contributed by atoms with Crippen molar-refractivity contribution in [1.29, 1.82) is 0 Å². The molecular formula is C13H14Cl2N2O4S. The van der Waals surface area contributed by atoms with E-state index in [1.165, 1.54) is 12.1 Å². The maximum Gasteiger partial charge on any atom is 0.233 e. The van der Waals surface area contributed by atoms with E-state index in [1.807, 2.05) is 0 Å². The first kappa shape index (κ1) is 17.1. The molecule has 0 bridgehead atoms. The maximum atomic E-state index is 11.8. The zero-order valence-electron chi connectivity index (χ0n) is 11.4. The lowest BCUT2D eigenvalue weighted by Gasteiger charge is -2.11. The van der Waals surface area contributed by atoms with Gasteiger partial charge in [0.2, 0.25) is 11.8 Å². The summed E-state index contributed by atoms with van der Waals surface area (Å²) in [5.41, 5.74) is 0.315. The van der Waals surface area contributed by atoms with Crippen LogP contribution in [0.5, 0.6) is 0 Å². The number of sulfone groups is 1. The minimum absolute atomic E-state index is 0.0578. The van der Waals surface area contributed by atoms with Gasteiger partial charge in [-0.25, -0.2) is 8.42 Å². The SMILES string of the molecule is O=C(CC(=O)NC1CCS(=O)(=O)C1)Nc1cc(Cl)ccc1Cl. The number of rotatable bonds is 4. The van der Waals surface area contributed by atoms with E-state index in [1.54, 1.807) is 6.07 Å². The first-order chi connectivity index (χ1) is 10.2. The summed E-state index contributed by atoms with van der Waals surface area (Å²) in [6, 6.07) is 4.15. The molecular weight excluding hydrogens is 351 g/mol. The number of benzene rings is 1. The van der Waals surface area contributed by atoms with Gasteiger partial charge in [0, 0.05) is 11.1 Å². The van der Waals surface area contributed by atoms with E-state index in [0.717, 1.165) is 0 Å². The highest BCUT2D eigenvalue weighted by atomic mass is 35.5. The van der Waals surface area contributed by atoms with Gasteiger partial charge in [0.15, 0.2) is 9.84 Å². The first-order valence-corrected chi connectivity index (χ1v) is 9.07. The van der Waals surface area contributed by atoms with E-state index in [0.29, 0.717) is 22.2 Å². The molecule has 1 atom stereocenters. The minimum atomic E-state index is -3.08. The number of nitrogens with one attached hydrogen (secondary N) is 2. The lowest BCUT2D eigenvalue weighted by molar-refractivity contribution is -0.127. The van der Waals surface area contributed by atoms with Crippen LogP contribution >= 0.6 is 23.2 Å². The predicted octanol–water partition coefficient (Wildman–Crippen LogP) is 1.63. The fraction of sp³-hybridized carbons (Fsp3) is 0.385. The Morgan fingerprint density at radius 1 is 1.23 bits per heavy atom. The van der Waals surface area contributed by atoms with Crippen LogP contribution < -0.4 is 10.6 Å². The molecule has 1 aliphatic heterocycles. The average Bonchev–Trinajstić information content (AvgIpc) is 2.72. The third-order valence-electron chi connectivity index (χ3n) is 3.12. The highest BCUT2D eigenvalue weighted by molar-refractivity contribution is 7.91. The average molecular weight is 365 g/mol. The second-order valence-electron chi connectivity index (χ2n) is 5.02. The summed E-state index contributed by atoms with van der Waals surface area (Å²) in [6.45, 7) is 0. The molecule has 1 aliphatic rings. The second-order valence-corrected chi connectivity index (χ2v) is 8.09. The summed E-state index contributed by atoms with van der Waals surface area (Å²) in [4.78, 5) is 23.5. The molecule has 0 radical (unpaired) electrons. The molecule has 0 spiro atoms. The maximum absolute atomic E-state index is 11.8. The van der Waals surface area contributed by atoms with Crippen molar-refractivity contribution >= 4 is 50.5 Å². The number of hydrogen-bond acceptors (Lipinski definition) is 4. The summed E-state index contributed by atoms with van der Waals surface area (Å²) in [7, 11) is -3.08. The van der Waals surface area contributed by atoms with E-state index in [2.05, 4.69) is 10.6 Å². The van der Waals surface area contributed by atoms with Crippen LogP contribution in [0.1, 0.15) is 12.8 Å². The van der Waals surface area contributed by atoms with Gasteiger partial charge < -0.3 is 10.6 Å². The molecule has 0 aliphatic carbocycles. The van der Waals surface area contributed by atoms with Crippen LogP contribution in [0.25, 0.3) is 0 Å². The molecule has 9 heteroatoms. The number of amides is 2. The summed E-state index contributed by atoms with van der Waals surface area (Å²) in [5, 5.41) is 5.74. The third kappa shape index (κ3) is 4.86. The molecule has 1 heterocycles. The molecule has 22 heavy (non-hydrogen) atoms. The molecule has 120 valence electrons. The van der Waals surface area contributed by atoms with E-state index in [-0.39, 0.29) is 11.5 Å². The zero-order chi connectivity index (χ0) is 16.3. The number of anilines is 1. The van der Waals surface area contributed by atoms with Crippen LogP contribution in [0, 0.1) is 0 Å². The summed E-state index contributed by atoms with van der Waals surface area (Å²) in [6.07, 6.45) is -0.0464. The number of carbonyl (C=O) groups excluding carboxylic acids is 2. The van der Waals surface area contributed by atoms with E-state index in [4.69, 9.17) is 23.2 Å². The molecule has 2 N–H and O–H groups in total. The van der Waals surface area contributed by atoms with Crippen LogP contribution in [0.3, 0.4) is 0 Å². The highest BCUT2D eigenvalue weighted by Gasteiger charge is 2.29. The Labute approximate surface area is 138 Å². The van der Waals surface area contributed by atoms with E-state index < -0.39 is 34.1 Å². The van der Waals surface area contributed by atoms with Gasteiger partial charge in [-0.05, 0) is 24.6 Å². The summed E-state index contributed by atoms with van der Waals surface area (Å²) < 4.78 is 22.6. The zero-order valence-corrected chi connectivity index (χ0v) is 13.8. The molecule has 1 fully saturated rings. The molecule has 6 nitrogen and oxygen atoms in total. The van der Waals surface area contributed by atoms with Gasteiger partial charge in [0.05, 0.1) is 22.2 Å². The Hall–Kier alpha value is -1.31. The molecule has 1 saturated heterocycles. The Morgan fingerprint density at radius 2 is 1.95 bits per heavy atom. The van der Waals surface area contributed by atoms with E-state index >= 15 is 0 Å². The van der Waals surface area contributed by atoms with Crippen LogP contribution in [0.15, 0.2) is 18.2 Å². The van der Waals surface area contributed by atoms with Crippen LogP contribution in [-0.4, -0.2) is 37.8 Å². The smallest absolute Gasteiger partial charge is 0.233 e. The molecule has 1 unspecified atom stereocenters. The standard InChI is InChI=1S/C13H14Cl2N2O4S/c14-8-1-2-10(15)11(5-8)17-13(19)6-12(18)16-9-3-4-22(20,21)7-9/h1-2,5,9H,3-4,6-7H2,(H,16,18)(H,17,19). The van der Waals surface area contributed by atoms with Crippen molar-refractivity contribution in [3.63, 3.8) is 0 Å². The Balaban J connectivity index is 1.86. The van der Waals surface area contributed by atoms with Gasteiger partial charge in [-0.3, -0.25) is 9.59 Å². The van der Waals surface area contributed by atoms with Gasteiger partial charge in [-0.1, -0.05) is 23.2 Å². The number of hydrogen-bond donors (Lipinski definition) is 2. The third-order valence-corrected chi connectivity index (χ3v) is 5.45. The molecule has 1 aromatic rings. The normalized spacial score (nSPS) is 19.6. The molecule has 0 saturated carbocycles. The molecule has 2 amide bonds. The number of carbonyl (C=O) groups is 2. The van der Waals surface area contributed by atoms with E-state index in [9.17, 15) is 18.0 Å². The van der Waals surface area contributed by atoms with Gasteiger partial charge in [0.25, 0.3) is 0 Å². The summed E-state index contributed by atoms with van der Waals surface area (Å²) in [5.74, 6) is -1.11. The molecule has 2 rings (SSSR count). The predicted molar refractivity (Wildman–Crippen MR) is 84.9 cm³/mol. The lowest BCUT2D eigenvalue weighted by atomic mass is 10.2. The largest absolute Gasteiger partial charge is 0.352 e. The fourth-order valence-electron chi connectivity index (χ4n) is 2.12. The minimum Gasteiger partial charge on any atom is -0.352 e. The van der Waals surface area contributed by atoms with Crippen molar-refractivity contribution in [2.24, 2.45) is 0 Å². The van der Waals surface area contributed by atoms with Crippen molar-refractivity contribution < 1.29 is 18.0 Å². The summed E-state index contributed by atoms with van der Waals surface area (Å²) >= 11 is 11.7. The van der Waals surface area contributed by atoms with Crippen molar-refractivity contribution in [2.45, 2.75) is 18.9 Å². The lowest BCUT2D eigenvalue weighted by Crippen LogP contribution is -2.37. The Kier molecular flexibility index (Phi) is 5.31. The van der Waals surface area contributed by atoms with Crippen molar-refractivity contribution in [3.8, 4) is 0 Å². The van der Waals surface area contributed by atoms with Gasteiger partial charge in [0.1, 0.15) is 6.42 Å².